The third-order valence-corrected chi connectivity index (χ3v) is 5.65. The van der Waals surface area contributed by atoms with Gasteiger partial charge in [-0.1, -0.05) is 0 Å². The summed E-state index contributed by atoms with van der Waals surface area (Å²) in [5.41, 5.74) is 0. The van der Waals surface area contributed by atoms with Crippen LogP contribution in [0.2, 0.25) is 0 Å². The van der Waals surface area contributed by atoms with Crippen LogP contribution in [0.25, 0.3) is 0 Å². The molecular weight excluding hydrogens is 248 g/mol. The molecule has 0 amide bonds. The van der Waals surface area contributed by atoms with Crippen molar-refractivity contribution in [2.75, 3.05) is 0 Å². The predicted octanol–water partition coefficient (Wildman–Crippen LogP) is -12.3. The molecule has 0 rings (SSSR count). The molecular formula is H20B20S. The number of hydrogen-bond acceptors (Lipinski definition) is 1. The first-order valence-corrected chi connectivity index (χ1v) is 9.48. The van der Waals surface area contributed by atoms with Crippen molar-refractivity contribution in [3.05, 3.63) is 0 Å². The molecule has 0 N–H and O–H groups in total. The van der Waals surface area contributed by atoms with E-state index in [1.807, 2.05) is 0 Å². The summed E-state index contributed by atoms with van der Waals surface area (Å²) in [4.78, 5) is 0. The van der Waals surface area contributed by atoms with Crippen LogP contribution in [-0.4, -0.2) is 141 Å². The van der Waals surface area contributed by atoms with E-state index < -0.39 is 0 Å². The first-order chi connectivity index (χ1) is 9.56. The van der Waals surface area contributed by atoms with Crippen LogP contribution in [0.5, 0.6) is 0 Å². The van der Waals surface area contributed by atoms with Crippen molar-refractivity contribution in [2.24, 2.45) is 0 Å². The zero-order valence-electron chi connectivity index (χ0n) is 16.2. The quantitative estimate of drug-likeness (QED) is 0.374. The molecule has 0 heterocycles. The van der Waals surface area contributed by atoms with E-state index in [0.717, 1.165) is 19.2 Å². The minimum absolute atomic E-state index is 0.551. The molecule has 0 radical (unpaired) electrons. The summed E-state index contributed by atoms with van der Waals surface area (Å²) < 4.78 is 0. The standard InChI is InChI=1S/B20H20S/c1-12(2)18(13(3)4)17(11-21)20(16(9)10)19(14(5)6)15(7)8/h1-10H2. The average molecular weight is 268 g/mol. The first-order valence-electron chi connectivity index (χ1n) is 9.01. The molecule has 0 aromatic carbocycles. The zero-order valence-corrected chi connectivity index (χ0v) is 17.0. The Morgan fingerprint density at radius 2 is 0.762 bits per heavy atom. The zero-order chi connectivity index (χ0) is 16.9. The summed E-state index contributed by atoms with van der Waals surface area (Å²) >= 11 is 5.55. The van der Waals surface area contributed by atoms with E-state index in [0.29, 0.717) is 38.3 Å². The maximum absolute atomic E-state index is 5.55. The summed E-state index contributed by atoms with van der Waals surface area (Å²) in [5.74, 6) is 0. The molecule has 0 spiro atoms. The topological polar surface area (TPSA) is 0 Å². The second-order valence-electron chi connectivity index (χ2n) is 8.67. The molecule has 0 unspecified atom stereocenters. The Hall–Kier alpha value is 1.52. The average Bonchev–Trinajstić information content (AvgIpc) is 2.30. The summed E-state index contributed by atoms with van der Waals surface area (Å²) in [5, 5.41) is 0. The molecule has 0 aromatic heterocycles. The van der Waals surface area contributed by atoms with Gasteiger partial charge in [-0.2, -0.15) is 0 Å². The first kappa shape index (κ1) is 22.5. The van der Waals surface area contributed by atoms with Gasteiger partial charge in [0.15, 0.2) is 0 Å². The molecule has 0 aliphatic rings. The van der Waals surface area contributed by atoms with Crippen molar-refractivity contribution >= 4 is 153 Å². The van der Waals surface area contributed by atoms with Crippen molar-refractivity contribution in [1.82, 2.24) is 0 Å². The van der Waals surface area contributed by atoms with E-state index in [4.69, 9.17) is 12.1 Å². The second kappa shape index (κ2) is 10.4. The van der Waals surface area contributed by atoms with Crippen molar-refractivity contribution in [3.63, 3.8) is 0 Å². The van der Waals surface area contributed by atoms with Crippen LogP contribution in [0.1, 0.15) is 0 Å². The van der Waals surface area contributed by atoms with Crippen LogP contribution in [0.3, 0.4) is 0 Å². The van der Waals surface area contributed by atoms with Crippen molar-refractivity contribution < 1.29 is 0 Å². The van der Waals surface area contributed by atoms with Crippen LogP contribution < -0.4 is 0 Å². The molecule has 0 aromatic rings. The summed E-state index contributed by atoms with van der Waals surface area (Å²) in [6, 6.07) is 2.12. The molecule has 21 heavy (non-hydrogen) atoms. The second-order valence-corrected chi connectivity index (χ2v) is 8.94. The van der Waals surface area contributed by atoms with E-state index in [2.05, 4.69) is 83.4 Å². The van der Waals surface area contributed by atoms with Gasteiger partial charge in [-0.05, 0) is 0 Å². The molecule has 0 bridgehead atoms. The van der Waals surface area contributed by atoms with Crippen LogP contribution in [0.4, 0.5) is 0 Å². The summed E-state index contributed by atoms with van der Waals surface area (Å²) in [6.45, 7) is 0. The third-order valence-electron chi connectivity index (χ3n) is 5.34. The van der Waals surface area contributed by atoms with Crippen LogP contribution in [-0.2, 0) is 0 Å². The molecule has 86 valence electrons. The van der Waals surface area contributed by atoms with Gasteiger partial charge in [0.1, 0.15) is 0 Å². The van der Waals surface area contributed by atoms with Gasteiger partial charge in [-0.25, -0.2) is 0 Å². The molecule has 0 aliphatic heterocycles. The Bertz CT molecular complexity index is 272. The van der Waals surface area contributed by atoms with E-state index in [9.17, 15) is 0 Å². The fourth-order valence-electron chi connectivity index (χ4n) is 4.90. The molecule has 0 nitrogen and oxygen atoms in total. The molecule has 21 heteroatoms. The van der Waals surface area contributed by atoms with Gasteiger partial charge in [0.05, 0.1) is 0 Å². The minimum atomic E-state index is 0.551. The summed E-state index contributed by atoms with van der Waals surface area (Å²) in [7, 11) is 23.8. The Labute approximate surface area is 152 Å². The van der Waals surface area contributed by atoms with Crippen LogP contribution >= 0.6 is 12.1 Å². The molecule has 0 saturated heterocycles. The van der Waals surface area contributed by atoms with Crippen molar-refractivity contribution in [2.45, 2.75) is 0 Å². The van der Waals surface area contributed by atoms with Gasteiger partial charge in [0.25, 0.3) is 0 Å². The van der Waals surface area contributed by atoms with Crippen molar-refractivity contribution in [3.8, 4) is 0 Å². The SMILES string of the molecule is BB(B)B(B(B)B)B(B=S)B(B(B)B)B(B(B)B)B(B)B. The van der Waals surface area contributed by atoms with Gasteiger partial charge in [0, 0.05) is 0 Å². The van der Waals surface area contributed by atoms with E-state index in [1.165, 1.54) is 0 Å². The van der Waals surface area contributed by atoms with Crippen molar-refractivity contribution in [1.29, 1.82) is 0 Å². The van der Waals surface area contributed by atoms with Crippen LogP contribution in [0, 0.1) is 0 Å². The fourth-order valence-corrected chi connectivity index (χ4v) is 5.26. The predicted molar refractivity (Wildman–Crippen MR) is 151 cm³/mol. The van der Waals surface area contributed by atoms with E-state index in [-0.39, 0.29) is 0 Å². The van der Waals surface area contributed by atoms with E-state index >= 15 is 0 Å². The number of rotatable bonds is 9. The molecule has 0 saturated carbocycles. The maximum atomic E-state index is 5.55. The molecule has 0 fully saturated rings. The van der Waals surface area contributed by atoms with Crippen LogP contribution in [0.15, 0.2) is 0 Å². The van der Waals surface area contributed by atoms with Gasteiger partial charge in [0.2, 0.25) is 0 Å². The van der Waals surface area contributed by atoms with Gasteiger partial charge < -0.3 is 0 Å². The van der Waals surface area contributed by atoms with Gasteiger partial charge >= 0.3 is 153 Å². The van der Waals surface area contributed by atoms with E-state index in [1.54, 1.807) is 0 Å². The molecule has 0 aliphatic carbocycles. The fraction of sp³-hybridized carbons (Fsp3) is 0. The Kier molecular flexibility index (Phi) is 11.1. The van der Waals surface area contributed by atoms with Gasteiger partial charge in [-0.15, -0.1) is 0 Å². The Morgan fingerprint density at radius 1 is 0.476 bits per heavy atom. The third kappa shape index (κ3) is 6.50. The Morgan fingerprint density at radius 3 is 0.952 bits per heavy atom. The monoisotopic (exact) mass is 272 g/mol. The number of hydrogen-bond donors (Lipinski definition) is 0. The summed E-state index contributed by atoms with van der Waals surface area (Å²) in [6.07, 6.45) is 6.18. The Balaban J connectivity index is 5.72. The normalized spacial score (nSPS) is 8.95. The van der Waals surface area contributed by atoms with Gasteiger partial charge in [-0.3, -0.25) is 0 Å². The molecule has 0 atom stereocenters.